The molecule has 0 heterocycles. The van der Waals surface area contributed by atoms with Gasteiger partial charge in [-0.1, -0.05) is 37.3 Å². The number of methoxy groups -OCH3 is 1. The molecule has 1 N–H and O–H groups in total. The van der Waals surface area contributed by atoms with E-state index in [1.165, 1.54) is 7.11 Å². The maximum atomic E-state index is 12.5. The van der Waals surface area contributed by atoms with Crippen LogP contribution in [0.3, 0.4) is 0 Å². The molecule has 0 saturated heterocycles. The molecule has 2 atom stereocenters. The molecule has 132 valence electrons. The molecule has 24 heavy (non-hydrogen) atoms. The summed E-state index contributed by atoms with van der Waals surface area (Å²) in [6.07, 6.45) is 4.31. The molecular weight excluding hydrogens is 326 g/mol. The van der Waals surface area contributed by atoms with Gasteiger partial charge < -0.3 is 14.8 Å². The molecule has 1 aliphatic carbocycles. The highest BCUT2D eigenvalue weighted by Gasteiger charge is 2.50. The number of hydrogen-bond acceptors (Lipinski definition) is 5. The molecule has 0 spiro atoms. The Morgan fingerprint density at radius 3 is 2.50 bits per heavy atom. The van der Waals surface area contributed by atoms with Gasteiger partial charge >= 0.3 is 5.97 Å². The molecule has 0 aliphatic heterocycles. The van der Waals surface area contributed by atoms with E-state index in [1.54, 1.807) is 18.7 Å². The van der Waals surface area contributed by atoms with Gasteiger partial charge in [0.25, 0.3) is 0 Å². The quantitative estimate of drug-likeness (QED) is 0.693. The smallest absolute Gasteiger partial charge is 0.331 e. The average molecular weight is 351 g/mol. The zero-order chi connectivity index (χ0) is 17.6. The van der Waals surface area contributed by atoms with E-state index in [1.807, 2.05) is 36.6 Å². The number of rotatable bonds is 9. The van der Waals surface area contributed by atoms with Crippen LogP contribution >= 0.6 is 11.8 Å². The second kappa shape index (κ2) is 8.53. The van der Waals surface area contributed by atoms with Crippen LogP contribution in [0.4, 0.5) is 0 Å². The minimum atomic E-state index is -0.945. The van der Waals surface area contributed by atoms with E-state index in [2.05, 4.69) is 5.32 Å². The average Bonchev–Trinajstić information content (AvgIpc) is 3.43. The third-order valence-corrected chi connectivity index (χ3v) is 4.77. The van der Waals surface area contributed by atoms with E-state index < -0.39 is 17.6 Å². The summed E-state index contributed by atoms with van der Waals surface area (Å²) in [4.78, 5) is 24.6. The molecule has 1 amide bonds. The predicted octanol–water partition coefficient (Wildman–Crippen LogP) is 2.49. The van der Waals surface area contributed by atoms with E-state index >= 15 is 0 Å². The van der Waals surface area contributed by atoms with E-state index in [4.69, 9.17) is 9.47 Å². The van der Waals surface area contributed by atoms with Gasteiger partial charge in [0.05, 0.1) is 13.2 Å². The summed E-state index contributed by atoms with van der Waals surface area (Å²) < 4.78 is 11.4. The van der Waals surface area contributed by atoms with Crippen molar-refractivity contribution in [2.24, 2.45) is 0 Å². The molecule has 0 bridgehead atoms. The van der Waals surface area contributed by atoms with Gasteiger partial charge in [-0.25, -0.2) is 4.79 Å². The van der Waals surface area contributed by atoms with Crippen molar-refractivity contribution in [1.82, 2.24) is 5.32 Å². The van der Waals surface area contributed by atoms with Gasteiger partial charge in [0, 0.05) is 12.2 Å². The summed E-state index contributed by atoms with van der Waals surface area (Å²) in [6, 6.07) is 8.74. The fraction of sp³-hybridized carbons (Fsp3) is 0.556. The highest BCUT2D eigenvalue weighted by Crippen LogP contribution is 2.40. The summed E-state index contributed by atoms with van der Waals surface area (Å²) in [5, 5.41) is 2.82. The number of carbonyl (C=O) groups is 2. The van der Waals surface area contributed by atoms with Crippen LogP contribution in [-0.4, -0.2) is 43.1 Å². The van der Waals surface area contributed by atoms with Crippen LogP contribution in [0.2, 0.25) is 0 Å². The van der Waals surface area contributed by atoms with Crippen LogP contribution in [-0.2, 0) is 24.7 Å². The highest BCUT2D eigenvalue weighted by atomic mass is 32.2. The van der Waals surface area contributed by atoms with Crippen molar-refractivity contribution in [3.63, 3.8) is 0 Å². The molecule has 5 nitrogen and oxygen atoms in total. The van der Waals surface area contributed by atoms with Crippen LogP contribution in [0.5, 0.6) is 0 Å². The van der Waals surface area contributed by atoms with Gasteiger partial charge in [-0.05, 0) is 24.7 Å². The van der Waals surface area contributed by atoms with Crippen molar-refractivity contribution < 1.29 is 19.1 Å². The molecule has 1 aromatic carbocycles. The maximum Gasteiger partial charge on any atom is 0.331 e. The molecule has 0 radical (unpaired) electrons. The zero-order valence-corrected chi connectivity index (χ0v) is 15.2. The number of amides is 1. The summed E-state index contributed by atoms with van der Waals surface area (Å²) in [6.45, 7) is 1.75. The van der Waals surface area contributed by atoms with Gasteiger partial charge in [0.2, 0.25) is 5.91 Å². The van der Waals surface area contributed by atoms with Crippen LogP contribution in [0.1, 0.15) is 31.7 Å². The SMILES string of the molecule is CCC(=O)N[C@H](C(=O)OC)[C@@](CSC)(OC1CC1)c1ccccc1. The summed E-state index contributed by atoms with van der Waals surface area (Å²) in [7, 11) is 1.33. The van der Waals surface area contributed by atoms with E-state index in [9.17, 15) is 9.59 Å². The Labute approximate surface area is 147 Å². The number of esters is 1. The lowest BCUT2D eigenvalue weighted by Crippen LogP contribution is -2.58. The predicted molar refractivity (Wildman–Crippen MR) is 94.8 cm³/mol. The van der Waals surface area contributed by atoms with Crippen molar-refractivity contribution in [1.29, 1.82) is 0 Å². The first-order chi connectivity index (χ1) is 11.6. The van der Waals surface area contributed by atoms with Gasteiger partial charge in [0.15, 0.2) is 6.04 Å². The largest absolute Gasteiger partial charge is 0.467 e. The maximum absolute atomic E-state index is 12.5. The van der Waals surface area contributed by atoms with Gasteiger partial charge in [-0.15, -0.1) is 0 Å². The molecule has 2 rings (SSSR count). The molecule has 1 fully saturated rings. The van der Waals surface area contributed by atoms with E-state index in [0.717, 1.165) is 18.4 Å². The number of hydrogen-bond donors (Lipinski definition) is 1. The van der Waals surface area contributed by atoms with Crippen LogP contribution < -0.4 is 5.32 Å². The molecule has 0 aromatic heterocycles. The summed E-state index contributed by atoms with van der Waals surface area (Å²) in [5.41, 5.74) is -0.0715. The standard InChI is InChI=1S/C18H25NO4S/c1-4-15(20)19-16(17(21)22-2)18(12-24-3,23-14-10-11-14)13-8-6-5-7-9-13/h5-9,14,16H,4,10-12H2,1-3H3,(H,19,20)/t16-,18+/m1/s1. The first-order valence-corrected chi connectivity index (χ1v) is 9.56. The first kappa shape index (κ1) is 18.8. The Bertz CT molecular complexity index is 561. The van der Waals surface area contributed by atoms with E-state index in [0.29, 0.717) is 12.2 Å². The van der Waals surface area contributed by atoms with Crippen LogP contribution in [0, 0.1) is 0 Å². The first-order valence-electron chi connectivity index (χ1n) is 8.16. The molecule has 6 heteroatoms. The number of carbonyl (C=O) groups excluding carboxylic acids is 2. The van der Waals surface area contributed by atoms with Crippen molar-refractivity contribution in [3.8, 4) is 0 Å². The molecule has 1 aromatic rings. The molecule has 1 saturated carbocycles. The normalized spacial score (nSPS) is 17.6. The lowest BCUT2D eigenvalue weighted by Gasteiger charge is -2.39. The van der Waals surface area contributed by atoms with Gasteiger partial charge in [0.1, 0.15) is 5.60 Å². The van der Waals surface area contributed by atoms with Crippen LogP contribution in [0.25, 0.3) is 0 Å². The second-order valence-corrected chi connectivity index (χ2v) is 6.75. The molecular formula is C18H25NO4S. The lowest BCUT2D eigenvalue weighted by atomic mass is 9.87. The third kappa shape index (κ3) is 4.30. The Morgan fingerprint density at radius 2 is 2.00 bits per heavy atom. The Kier molecular flexibility index (Phi) is 6.69. The molecule has 1 aliphatic rings. The lowest BCUT2D eigenvalue weighted by molar-refractivity contribution is -0.158. The fourth-order valence-corrected chi connectivity index (χ4v) is 3.50. The monoisotopic (exact) mass is 351 g/mol. The molecule has 0 unspecified atom stereocenters. The van der Waals surface area contributed by atoms with Crippen LogP contribution in [0.15, 0.2) is 30.3 Å². The van der Waals surface area contributed by atoms with Crippen molar-refractivity contribution in [2.45, 2.75) is 43.9 Å². The van der Waals surface area contributed by atoms with Gasteiger partial charge in [-0.3, -0.25) is 4.79 Å². The second-order valence-electron chi connectivity index (χ2n) is 5.88. The van der Waals surface area contributed by atoms with E-state index in [-0.39, 0.29) is 12.0 Å². The number of thioether (sulfide) groups is 1. The van der Waals surface area contributed by atoms with Gasteiger partial charge in [-0.2, -0.15) is 11.8 Å². The third-order valence-electron chi connectivity index (χ3n) is 4.05. The number of benzene rings is 1. The number of nitrogens with one attached hydrogen (secondary N) is 1. The highest BCUT2D eigenvalue weighted by molar-refractivity contribution is 7.98. The topological polar surface area (TPSA) is 64.6 Å². The minimum Gasteiger partial charge on any atom is -0.467 e. The summed E-state index contributed by atoms with van der Waals surface area (Å²) in [5.74, 6) is -0.154. The van der Waals surface area contributed by atoms with Crippen molar-refractivity contribution in [3.05, 3.63) is 35.9 Å². The Balaban J connectivity index is 2.49. The Morgan fingerprint density at radius 1 is 1.33 bits per heavy atom. The number of ether oxygens (including phenoxy) is 2. The Hall–Kier alpha value is -1.53. The zero-order valence-electron chi connectivity index (χ0n) is 14.4. The van der Waals surface area contributed by atoms with Crippen molar-refractivity contribution >= 4 is 23.6 Å². The summed E-state index contributed by atoms with van der Waals surface area (Å²) >= 11 is 1.58. The fourth-order valence-electron chi connectivity index (χ4n) is 2.67. The van der Waals surface area contributed by atoms with Crippen molar-refractivity contribution in [2.75, 3.05) is 19.1 Å². The minimum absolute atomic E-state index is 0.114.